The number of hydrogen-bond acceptors (Lipinski definition) is 2. The van der Waals surface area contributed by atoms with Crippen molar-refractivity contribution in [2.45, 2.75) is 40.0 Å². The minimum Gasteiger partial charge on any atom is -0.507 e. The largest absolute Gasteiger partial charge is 0.507 e. The highest BCUT2D eigenvalue weighted by molar-refractivity contribution is 5.74. The Morgan fingerprint density at radius 3 is 2.41 bits per heavy atom. The third kappa shape index (κ3) is 2.99. The number of carboxylic acids is 1. The van der Waals surface area contributed by atoms with E-state index in [2.05, 4.69) is 0 Å². The first kappa shape index (κ1) is 13.6. The molecule has 0 radical (unpaired) electrons. The number of aromatic hydroxyl groups is 1. The molecule has 0 atom stereocenters. The molecule has 1 rings (SSSR count). The Bertz CT molecular complexity index is 419. The molecule has 0 fully saturated rings. The normalized spacial score (nSPS) is 11.8. The van der Waals surface area contributed by atoms with Crippen molar-refractivity contribution in [2.24, 2.45) is 5.41 Å². The van der Waals surface area contributed by atoms with Gasteiger partial charge in [-0.3, -0.25) is 4.79 Å². The molecule has 0 spiro atoms. The monoisotopic (exact) mass is 236 g/mol. The zero-order chi connectivity index (χ0) is 13.2. The number of carbonyl (C=O) groups is 1. The lowest BCUT2D eigenvalue weighted by Gasteiger charge is -2.21. The smallest absolute Gasteiger partial charge is 0.309 e. The second-order valence-corrected chi connectivity index (χ2v) is 5.38. The van der Waals surface area contributed by atoms with Crippen molar-refractivity contribution in [1.29, 1.82) is 0 Å². The average molecular weight is 236 g/mol. The summed E-state index contributed by atoms with van der Waals surface area (Å²) in [5, 5.41) is 19.2. The highest BCUT2D eigenvalue weighted by Crippen LogP contribution is 2.33. The Morgan fingerprint density at radius 2 is 1.94 bits per heavy atom. The lowest BCUT2D eigenvalue weighted by molar-refractivity contribution is -0.146. The summed E-state index contributed by atoms with van der Waals surface area (Å²) in [6.45, 7) is 7.33. The topological polar surface area (TPSA) is 57.5 Å². The molecule has 0 amide bonds. The Balaban J connectivity index is 3.08. The van der Waals surface area contributed by atoms with E-state index in [9.17, 15) is 9.90 Å². The molecule has 0 aliphatic carbocycles. The SMILES string of the molecule is CC(C)c1cccc(CC(C)(C)C(=O)O)c1O. The van der Waals surface area contributed by atoms with Gasteiger partial charge in [0.1, 0.15) is 5.75 Å². The Hall–Kier alpha value is -1.51. The predicted octanol–water partition coefficient (Wildman–Crippen LogP) is 3.17. The molecule has 0 aliphatic heterocycles. The molecule has 0 unspecified atom stereocenters. The predicted molar refractivity (Wildman–Crippen MR) is 67.3 cm³/mol. The van der Waals surface area contributed by atoms with Crippen LogP contribution in [-0.2, 0) is 11.2 Å². The maximum atomic E-state index is 11.1. The molecule has 0 aromatic heterocycles. The fourth-order valence-corrected chi connectivity index (χ4v) is 1.77. The Labute approximate surface area is 102 Å². The maximum Gasteiger partial charge on any atom is 0.309 e. The number of phenolic OH excluding ortho intramolecular Hbond substituents is 1. The van der Waals surface area contributed by atoms with E-state index >= 15 is 0 Å². The summed E-state index contributed by atoms with van der Waals surface area (Å²) in [4.78, 5) is 11.1. The lowest BCUT2D eigenvalue weighted by Crippen LogP contribution is -2.26. The number of rotatable bonds is 4. The number of aliphatic carboxylic acids is 1. The standard InChI is InChI=1S/C14H20O3/c1-9(2)11-7-5-6-10(12(11)15)8-14(3,4)13(16)17/h5-7,9,15H,8H2,1-4H3,(H,16,17). The van der Waals surface area contributed by atoms with Crippen LogP contribution in [0.1, 0.15) is 44.7 Å². The van der Waals surface area contributed by atoms with Crippen molar-refractivity contribution in [1.82, 2.24) is 0 Å². The van der Waals surface area contributed by atoms with Crippen LogP contribution in [0, 0.1) is 5.41 Å². The molecule has 1 aromatic carbocycles. The van der Waals surface area contributed by atoms with Crippen LogP contribution >= 0.6 is 0 Å². The molecule has 0 saturated carbocycles. The van der Waals surface area contributed by atoms with Crippen LogP contribution in [0.25, 0.3) is 0 Å². The van der Waals surface area contributed by atoms with Gasteiger partial charge in [0.2, 0.25) is 0 Å². The van der Waals surface area contributed by atoms with Crippen molar-refractivity contribution in [3.63, 3.8) is 0 Å². The minimum absolute atomic E-state index is 0.225. The maximum absolute atomic E-state index is 11.1. The molecule has 3 heteroatoms. The first-order valence-corrected chi connectivity index (χ1v) is 5.80. The van der Waals surface area contributed by atoms with Crippen molar-refractivity contribution in [3.05, 3.63) is 29.3 Å². The van der Waals surface area contributed by atoms with Crippen LogP contribution in [0.4, 0.5) is 0 Å². The molecular formula is C14H20O3. The van der Waals surface area contributed by atoms with Crippen molar-refractivity contribution in [2.75, 3.05) is 0 Å². The van der Waals surface area contributed by atoms with Gasteiger partial charge < -0.3 is 10.2 Å². The summed E-state index contributed by atoms with van der Waals surface area (Å²) in [7, 11) is 0. The average Bonchev–Trinajstić information content (AvgIpc) is 2.20. The van der Waals surface area contributed by atoms with E-state index in [-0.39, 0.29) is 11.7 Å². The molecule has 0 bridgehead atoms. The van der Waals surface area contributed by atoms with E-state index < -0.39 is 11.4 Å². The number of hydrogen-bond donors (Lipinski definition) is 2. The van der Waals surface area contributed by atoms with Crippen molar-refractivity contribution in [3.8, 4) is 5.75 Å². The number of phenols is 1. The summed E-state index contributed by atoms with van der Waals surface area (Å²) in [5.74, 6) is -0.397. The summed E-state index contributed by atoms with van der Waals surface area (Å²) >= 11 is 0. The third-order valence-electron chi connectivity index (χ3n) is 2.98. The summed E-state index contributed by atoms with van der Waals surface area (Å²) in [5.41, 5.74) is 0.694. The van der Waals surface area contributed by atoms with Crippen molar-refractivity contribution < 1.29 is 15.0 Å². The van der Waals surface area contributed by atoms with Crippen molar-refractivity contribution >= 4 is 5.97 Å². The van der Waals surface area contributed by atoms with Gasteiger partial charge in [0.05, 0.1) is 5.41 Å². The summed E-state index contributed by atoms with van der Waals surface area (Å²) in [6, 6.07) is 5.52. The number of para-hydroxylation sites is 1. The van der Waals surface area contributed by atoms with Gasteiger partial charge in [-0.2, -0.15) is 0 Å². The van der Waals surface area contributed by atoms with Crippen LogP contribution in [0.5, 0.6) is 5.75 Å². The fourth-order valence-electron chi connectivity index (χ4n) is 1.77. The molecule has 3 nitrogen and oxygen atoms in total. The van der Waals surface area contributed by atoms with E-state index in [1.54, 1.807) is 19.9 Å². The molecule has 0 heterocycles. The van der Waals surface area contributed by atoms with Gasteiger partial charge in [-0.25, -0.2) is 0 Å². The molecule has 0 saturated heterocycles. The zero-order valence-electron chi connectivity index (χ0n) is 10.8. The highest BCUT2D eigenvalue weighted by Gasteiger charge is 2.28. The zero-order valence-corrected chi connectivity index (χ0v) is 10.8. The van der Waals surface area contributed by atoms with E-state index in [1.807, 2.05) is 26.0 Å². The number of benzene rings is 1. The molecular weight excluding hydrogens is 216 g/mol. The molecule has 94 valence electrons. The molecule has 17 heavy (non-hydrogen) atoms. The van der Waals surface area contributed by atoms with E-state index in [0.717, 1.165) is 5.56 Å². The highest BCUT2D eigenvalue weighted by atomic mass is 16.4. The van der Waals surface area contributed by atoms with Gasteiger partial charge >= 0.3 is 5.97 Å². The van der Waals surface area contributed by atoms with Gasteiger partial charge in [-0.1, -0.05) is 32.0 Å². The first-order chi connectivity index (χ1) is 7.75. The first-order valence-electron chi connectivity index (χ1n) is 5.80. The van der Waals surface area contributed by atoms with Crippen LogP contribution in [0.3, 0.4) is 0 Å². The summed E-state index contributed by atoms with van der Waals surface area (Å²) in [6.07, 6.45) is 0.328. The van der Waals surface area contributed by atoms with Gasteiger partial charge in [-0.05, 0) is 37.3 Å². The van der Waals surface area contributed by atoms with Crippen LogP contribution < -0.4 is 0 Å². The molecule has 1 aromatic rings. The van der Waals surface area contributed by atoms with Gasteiger partial charge in [0.25, 0.3) is 0 Å². The second-order valence-electron chi connectivity index (χ2n) is 5.38. The lowest BCUT2D eigenvalue weighted by atomic mass is 9.84. The van der Waals surface area contributed by atoms with Crippen LogP contribution in [0.15, 0.2) is 18.2 Å². The van der Waals surface area contributed by atoms with E-state index in [0.29, 0.717) is 12.0 Å². The summed E-state index contributed by atoms with van der Waals surface area (Å²) < 4.78 is 0. The Kier molecular flexibility index (Phi) is 3.81. The Morgan fingerprint density at radius 1 is 1.35 bits per heavy atom. The quantitative estimate of drug-likeness (QED) is 0.844. The fraction of sp³-hybridized carbons (Fsp3) is 0.500. The van der Waals surface area contributed by atoms with E-state index in [4.69, 9.17) is 5.11 Å². The van der Waals surface area contributed by atoms with Crippen LogP contribution in [0.2, 0.25) is 0 Å². The minimum atomic E-state index is -0.868. The number of carboxylic acid groups (broad SMARTS) is 1. The van der Waals surface area contributed by atoms with Gasteiger partial charge in [0.15, 0.2) is 0 Å². The van der Waals surface area contributed by atoms with E-state index in [1.165, 1.54) is 0 Å². The second kappa shape index (κ2) is 4.78. The van der Waals surface area contributed by atoms with Gasteiger partial charge in [0, 0.05) is 0 Å². The van der Waals surface area contributed by atoms with Gasteiger partial charge in [-0.15, -0.1) is 0 Å². The third-order valence-corrected chi connectivity index (χ3v) is 2.98. The molecule has 0 aliphatic rings. The van der Waals surface area contributed by atoms with Crippen LogP contribution in [-0.4, -0.2) is 16.2 Å². The molecule has 2 N–H and O–H groups in total.